The van der Waals surface area contributed by atoms with Gasteiger partial charge in [-0.3, -0.25) is 0 Å². The van der Waals surface area contributed by atoms with E-state index in [-0.39, 0.29) is 12.4 Å². The lowest BCUT2D eigenvalue weighted by Gasteiger charge is -2.00. The average molecular weight is 207 g/mol. The lowest BCUT2D eigenvalue weighted by Crippen LogP contribution is -2.05. The predicted molar refractivity (Wildman–Crippen MR) is 57.7 cm³/mol. The molecule has 0 aliphatic carbocycles. The van der Waals surface area contributed by atoms with Crippen molar-refractivity contribution in [2.45, 2.75) is 13.0 Å². The van der Waals surface area contributed by atoms with Crippen molar-refractivity contribution in [2.24, 2.45) is 0 Å². The minimum atomic E-state index is -0.347. The highest BCUT2D eigenvalue weighted by Crippen LogP contribution is 2.10. The maximum atomic E-state index is 12.8. The fourth-order valence-corrected chi connectivity index (χ4v) is 1.16. The van der Waals surface area contributed by atoms with Gasteiger partial charge in [-0.25, -0.2) is 4.39 Å². The molecule has 2 N–H and O–H groups in total. The second kappa shape index (κ2) is 6.18. The molecular weight excluding hydrogens is 193 g/mol. The van der Waals surface area contributed by atoms with Gasteiger partial charge in [-0.1, -0.05) is 11.8 Å². The van der Waals surface area contributed by atoms with Crippen LogP contribution in [0.25, 0.3) is 0 Å². The first-order chi connectivity index (χ1) is 7.27. The number of halogens is 1. The van der Waals surface area contributed by atoms with Crippen molar-refractivity contribution in [2.75, 3.05) is 13.6 Å². The zero-order valence-electron chi connectivity index (χ0n) is 8.68. The van der Waals surface area contributed by atoms with Crippen molar-refractivity contribution in [3.63, 3.8) is 0 Å². The van der Waals surface area contributed by atoms with Crippen molar-refractivity contribution in [3.8, 4) is 11.8 Å². The molecule has 2 nitrogen and oxygen atoms in total. The topological polar surface area (TPSA) is 32.3 Å². The molecule has 0 aromatic heterocycles. The van der Waals surface area contributed by atoms with Crippen LogP contribution in [-0.2, 0) is 6.61 Å². The first-order valence-corrected chi connectivity index (χ1v) is 4.80. The van der Waals surface area contributed by atoms with E-state index in [0.29, 0.717) is 11.1 Å². The number of hydrogen-bond donors (Lipinski definition) is 2. The van der Waals surface area contributed by atoms with E-state index >= 15 is 0 Å². The molecule has 0 fully saturated rings. The molecule has 0 aliphatic heterocycles. The summed E-state index contributed by atoms with van der Waals surface area (Å²) in [5.74, 6) is 5.51. The third-order valence-electron chi connectivity index (χ3n) is 1.96. The number of rotatable bonds is 3. The van der Waals surface area contributed by atoms with Crippen LogP contribution in [0.1, 0.15) is 17.5 Å². The van der Waals surface area contributed by atoms with E-state index < -0.39 is 0 Å². The number of aliphatic hydroxyl groups is 1. The van der Waals surface area contributed by atoms with Crippen molar-refractivity contribution in [1.82, 2.24) is 5.32 Å². The summed E-state index contributed by atoms with van der Waals surface area (Å²) >= 11 is 0. The first-order valence-electron chi connectivity index (χ1n) is 4.80. The van der Waals surface area contributed by atoms with Crippen molar-refractivity contribution in [3.05, 3.63) is 35.1 Å². The van der Waals surface area contributed by atoms with Gasteiger partial charge in [0.1, 0.15) is 5.82 Å². The van der Waals surface area contributed by atoms with Crippen LogP contribution in [0.4, 0.5) is 4.39 Å². The lowest BCUT2D eigenvalue weighted by atomic mass is 10.1. The monoisotopic (exact) mass is 207 g/mol. The van der Waals surface area contributed by atoms with Gasteiger partial charge >= 0.3 is 0 Å². The Morgan fingerprint density at radius 1 is 1.47 bits per heavy atom. The minimum absolute atomic E-state index is 0.187. The van der Waals surface area contributed by atoms with Crippen LogP contribution >= 0.6 is 0 Å². The summed E-state index contributed by atoms with van der Waals surface area (Å²) in [4.78, 5) is 0. The van der Waals surface area contributed by atoms with E-state index in [9.17, 15) is 4.39 Å². The van der Waals surface area contributed by atoms with Crippen molar-refractivity contribution >= 4 is 0 Å². The molecule has 1 aromatic carbocycles. The molecule has 1 rings (SSSR count). The van der Waals surface area contributed by atoms with Gasteiger partial charge in [0, 0.05) is 18.5 Å². The SMILES string of the molecule is CNCCC#Cc1ccc(F)cc1CO. The van der Waals surface area contributed by atoms with Gasteiger partial charge in [0.05, 0.1) is 6.61 Å². The van der Waals surface area contributed by atoms with Crippen molar-refractivity contribution in [1.29, 1.82) is 0 Å². The van der Waals surface area contributed by atoms with Gasteiger partial charge in [-0.2, -0.15) is 0 Å². The second-order valence-corrected chi connectivity index (χ2v) is 3.11. The zero-order valence-corrected chi connectivity index (χ0v) is 8.68. The Hall–Kier alpha value is -1.37. The van der Waals surface area contributed by atoms with Crippen LogP contribution in [0.3, 0.4) is 0 Å². The number of hydrogen-bond acceptors (Lipinski definition) is 2. The van der Waals surface area contributed by atoms with E-state index in [4.69, 9.17) is 5.11 Å². The molecule has 0 unspecified atom stereocenters. The average Bonchev–Trinajstić information content (AvgIpc) is 2.26. The molecular formula is C12H14FNO. The fraction of sp³-hybridized carbons (Fsp3) is 0.333. The van der Waals surface area contributed by atoms with Gasteiger partial charge in [-0.15, -0.1) is 0 Å². The second-order valence-electron chi connectivity index (χ2n) is 3.11. The number of benzene rings is 1. The summed E-state index contributed by atoms with van der Waals surface area (Å²) in [6.07, 6.45) is 0.735. The molecule has 0 saturated heterocycles. The largest absolute Gasteiger partial charge is 0.392 e. The van der Waals surface area contributed by atoms with Gasteiger partial charge in [0.2, 0.25) is 0 Å². The van der Waals surface area contributed by atoms with E-state index in [0.717, 1.165) is 13.0 Å². The van der Waals surface area contributed by atoms with E-state index in [2.05, 4.69) is 17.2 Å². The van der Waals surface area contributed by atoms with Crippen molar-refractivity contribution < 1.29 is 9.50 Å². The third kappa shape index (κ3) is 3.70. The Morgan fingerprint density at radius 2 is 2.27 bits per heavy atom. The van der Waals surface area contributed by atoms with Crippen LogP contribution in [0.5, 0.6) is 0 Å². The molecule has 0 saturated carbocycles. The Labute approximate surface area is 89.1 Å². The Bertz CT molecular complexity index is 379. The van der Waals surface area contributed by atoms with Crippen LogP contribution in [-0.4, -0.2) is 18.7 Å². The smallest absolute Gasteiger partial charge is 0.123 e. The fourth-order valence-electron chi connectivity index (χ4n) is 1.16. The summed E-state index contributed by atoms with van der Waals surface area (Å²) in [7, 11) is 1.86. The molecule has 0 aliphatic rings. The molecule has 0 bridgehead atoms. The summed E-state index contributed by atoms with van der Waals surface area (Å²) < 4.78 is 12.8. The quantitative estimate of drug-likeness (QED) is 0.578. The van der Waals surface area contributed by atoms with Gasteiger partial charge in [-0.05, 0) is 30.8 Å². The Kier molecular flexibility index (Phi) is 4.82. The molecule has 0 heterocycles. The first kappa shape index (κ1) is 11.7. The van der Waals surface area contributed by atoms with E-state index in [1.165, 1.54) is 12.1 Å². The van der Waals surface area contributed by atoms with Crippen LogP contribution in [0.15, 0.2) is 18.2 Å². The molecule has 0 atom stereocenters. The summed E-state index contributed by atoms with van der Waals surface area (Å²) in [6.45, 7) is 0.635. The van der Waals surface area contributed by atoms with E-state index in [1.807, 2.05) is 7.05 Å². The van der Waals surface area contributed by atoms with Crippen LogP contribution in [0, 0.1) is 17.7 Å². The maximum absolute atomic E-state index is 12.8. The molecule has 0 radical (unpaired) electrons. The Morgan fingerprint density at radius 3 is 2.93 bits per heavy atom. The van der Waals surface area contributed by atoms with Crippen LogP contribution < -0.4 is 5.32 Å². The van der Waals surface area contributed by atoms with Gasteiger partial charge in [0.25, 0.3) is 0 Å². The highest BCUT2D eigenvalue weighted by molar-refractivity contribution is 5.41. The van der Waals surface area contributed by atoms with Gasteiger partial charge in [0.15, 0.2) is 0 Å². The summed E-state index contributed by atoms with van der Waals surface area (Å²) in [5.41, 5.74) is 1.22. The molecule has 15 heavy (non-hydrogen) atoms. The standard InChI is InChI=1S/C12H14FNO/c1-14-7-3-2-4-10-5-6-12(13)8-11(10)9-15/h5-6,8,14-15H,3,7,9H2,1H3. The molecule has 0 spiro atoms. The Balaban J connectivity index is 2.78. The molecule has 0 amide bonds. The number of nitrogens with one attached hydrogen (secondary N) is 1. The highest BCUT2D eigenvalue weighted by atomic mass is 19.1. The molecule has 80 valence electrons. The van der Waals surface area contributed by atoms with Gasteiger partial charge < -0.3 is 10.4 Å². The minimum Gasteiger partial charge on any atom is -0.392 e. The number of aliphatic hydroxyl groups excluding tert-OH is 1. The molecule has 3 heteroatoms. The highest BCUT2D eigenvalue weighted by Gasteiger charge is 1.99. The molecule has 1 aromatic rings. The predicted octanol–water partition coefficient (Wildman–Crippen LogP) is 1.28. The van der Waals surface area contributed by atoms with Crippen LogP contribution in [0.2, 0.25) is 0 Å². The summed E-state index contributed by atoms with van der Waals surface area (Å²) in [5, 5.41) is 12.0. The maximum Gasteiger partial charge on any atom is 0.123 e. The van der Waals surface area contributed by atoms with E-state index in [1.54, 1.807) is 6.07 Å². The summed E-state index contributed by atoms with van der Waals surface area (Å²) in [6, 6.07) is 4.25. The lowest BCUT2D eigenvalue weighted by molar-refractivity contribution is 0.281. The normalized spacial score (nSPS) is 9.53. The zero-order chi connectivity index (χ0) is 11.1. The third-order valence-corrected chi connectivity index (χ3v) is 1.96.